The average molecular weight is 166 g/mol. The van der Waals surface area contributed by atoms with Crippen molar-refractivity contribution < 1.29 is 0 Å². The van der Waals surface area contributed by atoms with E-state index in [1.807, 2.05) is 0 Å². The molecule has 0 amide bonds. The average Bonchev–Trinajstić information content (AvgIpc) is 1.31. The van der Waals surface area contributed by atoms with Gasteiger partial charge >= 0.3 is 0 Å². The predicted molar refractivity (Wildman–Crippen MR) is 36.4 cm³/mol. The highest BCUT2D eigenvalue weighted by Crippen LogP contribution is 2.20. The van der Waals surface area contributed by atoms with E-state index in [4.69, 9.17) is 5.73 Å². The van der Waals surface area contributed by atoms with E-state index in [-0.39, 0.29) is 10.4 Å². The van der Waals surface area contributed by atoms with Crippen molar-refractivity contribution in [2.45, 2.75) is 25.7 Å². The predicted octanol–water partition coefficient (Wildman–Crippen LogP) is 1.71. The fourth-order valence-electron chi connectivity index (χ4n) is 0. The summed E-state index contributed by atoms with van der Waals surface area (Å²) in [7, 11) is 0. The van der Waals surface area contributed by atoms with Gasteiger partial charge in [-0.15, -0.1) is 0 Å². The molecule has 1 atom stereocenters. The molecule has 7 heavy (non-hydrogen) atoms. The van der Waals surface area contributed by atoms with Crippen LogP contribution < -0.4 is 5.73 Å². The van der Waals surface area contributed by atoms with Gasteiger partial charge in [-0.2, -0.15) is 0 Å². The van der Waals surface area contributed by atoms with Crippen molar-refractivity contribution in [1.82, 2.24) is 0 Å². The first-order chi connectivity index (χ1) is 2.94. The van der Waals surface area contributed by atoms with Gasteiger partial charge in [-0.1, -0.05) is 36.7 Å². The van der Waals surface area contributed by atoms with E-state index in [1.165, 1.54) is 0 Å². The third-order valence-corrected chi connectivity index (χ3v) is 2.20. The summed E-state index contributed by atoms with van der Waals surface area (Å²) < 4.78 is 0. The topological polar surface area (TPSA) is 26.0 Å². The zero-order chi connectivity index (χ0) is 6.08. The van der Waals surface area contributed by atoms with Gasteiger partial charge in [0.25, 0.3) is 0 Å². The Hall–Kier alpha value is 0.440. The largest absolute Gasteiger partial charge is 0.318 e. The van der Waals surface area contributed by atoms with Crippen LogP contribution in [0.4, 0.5) is 0 Å². The van der Waals surface area contributed by atoms with Crippen LogP contribution in [0.25, 0.3) is 0 Å². The first-order valence-electron chi connectivity index (χ1n) is 2.34. The quantitative estimate of drug-likeness (QED) is 0.430. The lowest BCUT2D eigenvalue weighted by Gasteiger charge is -2.20. The summed E-state index contributed by atoms with van der Waals surface area (Å²) in [6.07, 6.45) is 0. The maximum absolute atomic E-state index is 5.49. The van der Waals surface area contributed by atoms with Crippen LogP contribution in [-0.2, 0) is 0 Å². The second kappa shape index (κ2) is 2.14. The molecule has 0 aliphatic heterocycles. The van der Waals surface area contributed by atoms with Crippen molar-refractivity contribution in [2.24, 2.45) is 11.1 Å². The smallest absolute Gasteiger partial charge is 0.0654 e. The molecule has 1 nitrogen and oxygen atoms in total. The third kappa shape index (κ3) is 3.06. The highest BCUT2D eigenvalue weighted by molar-refractivity contribution is 9.09. The van der Waals surface area contributed by atoms with Crippen molar-refractivity contribution in [1.29, 1.82) is 0 Å². The summed E-state index contributed by atoms with van der Waals surface area (Å²) in [5.41, 5.74) is 5.68. The second-order valence-electron chi connectivity index (χ2n) is 2.77. The summed E-state index contributed by atoms with van der Waals surface area (Å²) >= 11 is 3.27. The molecule has 0 bridgehead atoms. The lowest BCUT2D eigenvalue weighted by atomic mass is 9.98. The number of halogens is 1. The fraction of sp³-hybridized carbons (Fsp3) is 1.00. The highest BCUT2D eigenvalue weighted by atomic mass is 79.9. The standard InChI is InChI=1S/C5H12BrN/c1-5(2,3)4(6)7/h4H,7H2,1-3H3. The molecule has 0 saturated heterocycles. The number of rotatable bonds is 0. The Bertz CT molecular complexity index is 53.6. The Labute approximate surface area is 53.4 Å². The summed E-state index contributed by atoms with van der Waals surface area (Å²) in [5, 5.41) is 0. The van der Waals surface area contributed by atoms with Gasteiger partial charge in [0.2, 0.25) is 0 Å². The van der Waals surface area contributed by atoms with Crippen molar-refractivity contribution in [2.75, 3.05) is 0 Å². The van der Waals surface area contributed by atoms with E-state index < -0.39 is 0 Å². The minimum absolute atomic E-state index is 0.111. The minimum Gasteiger partial charge on any atom is -0.318 e. The lowest BCUT2D eigenvalue weighted by Crippen LogP contribution is -2.28. The molecule has 0 aromatic heterocycles. The molecule has 2 heteroatoms. The first-order valence-corrected chi connectivity index (χ1v) is 3.26. The van der Waals surface area contributed by atoms with Crippen molar-refractivity contribution in [3.63, 3.8) is 0 Å². The fourth-order valence-corrected chi connectivity index (χ4v) is 0. The van der Waals surface area contributed by atoms with E-state index in [2.05, 4.69) is 36.7 Å². The molecule has 0 radical (unpaired) electrons. The maximum atomic E-state index is 5.49. The molecular formula is C5H12BrN. The van der Waals surface area contributed by atoms with Gasteiger partial charge in [-0.25, -0.2) is 0 Å². The number of hydrogen-bond acceptors (Lipinski definition) is 1. The molecule has 0 aliphatic rings. The zero-order valence-electron chi connectivity index (χ0n) is 5.03. The van der Waals surface area contributed by atoms with Gasteiger partial charge in [0, 0.05) is 0 Å². The van der Waals surface area contributed by atoms with Crippen molar-refractivity contribution in [3.8, 4) is 0 Å². The zero-order valence-corrected chi connectivity index (χ0v) is 6.62. The Kier molecular flexibility index (Phi) is 2.27. The molecule has 0 rings (SSSR count). The molecule has 1 unspecified atom stereocenters. The van der Waals surface area contributed by atoms with Gasteiger partial charge < -0.3 is 5.73 Å². The second-order valence-corrected chi connectivity index (χ2v) is 3.75. The summed E-state index contributed by atoms with van der Waals surface area (Å²) in [6.45, 7) is 6.27. The van der Waals surface area contributed by atoms with Gasteiger partial charge in [0.1, 0.15) is 0 Å². The van der Waals surface area contributed by atoms with Crippen LogP contribution in [0.15, 0.2) is 0 Å². The summed E-state index contributed by atoms with van der Waals surface area (Å²) in [4.78, 5) is 0.111. The Morgan fingerprint density at radius 2 is 1.57 bits per heavy atom. The molecule has 0 aromatic rings. The summed E-state index contributed by atoms with van der Waals surface area (Å²) in [6, 6.07) is 0. The normalized spacial score (nSPS) is 16.7. The molecule has 0 spiro atoms. The van der Waals surface area contributed by atoms with Crippen LogP contribution in [0.5, 0.6) is 0 Å². The first kappa shape index (κ1) is 7.44. The molecular weight excluding hydrogens is 154 g/mol. The van der Waals surface area contributed by atoms with Gasteiger partial charge in [0.05, 0.1) is 4.95 Å². The number of alkyl halides is 1. The van der Waals surface area contributed by atoms with Crippen molar-refractivity contribution in [3.05, 3.63) is 0 Å². The minimum atomic E-state index is 0.111. The van der Waals surface area contributed by atoms with Crippen LogP contribution >= 0.6 is 15.9 Å². The summed E-state index contributed by atoms with van der Waals surface area (Å²) in [5.74, 6) is 0. The van der Waals surface area contributed by atoms with Crippen LogP contribution in [0.2, 0.25) is 0 Å². The van der Waals surface area contributed by atoms with E-state index in [1.54, 1.807) is 0 Å². The van der Waals surface area contributed by atoms with E-state index >= 15 is 0 Å². The SMILES string of the molecule is CC(C)(C)C(N)Br. The number of nitrogens with two attached hydrogens (primary N) is 1. The Balaban J connectivity index is 3.54. The third-order valence-electron chi connectivity index (χ3n) is 0.827. The van der Waals surface area contributed by atoms with Crippen LogP contribution in [-0.4, -0.2) is 4.95 Å². The van der Waals surface area contributed by atoms with Crippen molar-refractivity contribution >= 4 is 15.9 Å². The molecule has 0 aliphatic carbocycles. The van der Waals surface area contributed by atoms with E-state index in [0.29, 0.717) is 0 Å². The Morgan fingerprint density at radius 3 is 1.57 bits per heavy atom. The van der Waals surface area contributed by atoms with Crippen LogP contribution in [0.1, 0.15) is 20.8 Å². The highest BCUT2D eigenvalue weighted by Gasteiger charge is 2.16. The van der Waals surface area contributed by atoms with E-state index in [0.717, 1.165) is 0 Å². The molecule has 2 N–H and O–H groups in total. The van der Waals surface area contributed by atoms with Crippen LogP contribution in [0.3, 0.4) is 0 Å². The lowest BCUT2D eigenvalue weighted by molar-refractivity contribution is 0.406. The molecule has 0 saturated carbocycles. The van der Waals surface area contributed by atoms with Crippen LogP contribution in [0, 0.1) is 5.41 Å². The van der Waals surface area contributed by atoms with E-state index in [9.17, 15) is 0 Å². The number of hydrogen-bond donors (Lipinski definition) is 1. The van der Waals surface area contributed by atoms with Gasteiger partial charge in [-0.3, -0.25) is 0 Å². The monoisotopic (exact) mass is 165 g/mol. The van der Waals surface area contributed by atoms with Gasteiger partial charge in [-0.05, 0) is 5.41 Å². The maximum Gasteiger partial charge on any atom is 0.0654 e. The molecule has 44 valence electrons. The molecule has 0 fully saturated rings. The Morgan fingerprint density at radius 1 is 1.43 bits per heavy atom. The molecule has 0 heterocycles. The van der Waals surface area contributed by atoms with Gasteiger partial charge in [0.15, 0.2) is 0 Å². The molecule has 0 aromatic carbocycles.